The van der Waals surface area contributed by atoms with Gasteiger partial charge in [-0.2, -0.15) is 4.80 Å². The van der Waals surface area contributed by atoms with Crippen molar-refractivity contribution in [2.45, 2.75) is 19.0 Å². The number of nitrogens with one attached hydrogen (secondary N) is 1. The van der Waals surface area contributed by atoms with E-state index in [1.54, 1.807) is 24.3 Å². The van der Waals surface area contributed by atoms with E-state index in [1.807, 2.05) is 0 Å². The topological polar surface area (TPSA) is 113 Å². The Hall–Kier alpha value is -2.19. The Morgan fingerprint density at radius 2 is 2.10 bits per heavy atom. The number of hydrogen-bond acceptors (Lipinski definition) is 5. The summed E-state index contributed by atoms with van der Waals surface area (Å²) in [6, 6.07) is 6.43. The first-order valence-corrected chi connectivity index (χ1v) is 6.58. The van der Waals surface area contributed by atoms with E-state index in [2.05, 4.69) is 20.7 Å². The largest absolute Gasteiger partial charge is 0.465 e. The van der Waals surface area contributed by atoms with Crippen LogP contribution >= 0.6 is 11.6 Å². The van der Waals surface area contributed by atoms with Crippen LogP contribution in [0.25, 0.3) is 0 Å². The van der Waals surface area contributed by atoms with Crippen molar-refractivity contribution in [3.8, 4) is 0 Å². The number of carbonyl (C=O) groups is 1. The molecule has 0 aliphatic carbocycles. The Morgan fingerprint density at radius 1 is 1.38 bits per heavy atom. The van der Waals surface area contributed by atoms with E-state index >= 15 is 0 Å². The smallest absolute Gasteiger partial charge is 0.405 e. The van der Waals surface area contributed by atoms with Crippen molar-refractivity contribution in [1.82, 2.24) is 25.5 Å². The van der Waals surface area contributed by atoms with Crippen molar-refractivity contribution in [2.75, 3.05) is 6.61 Å². The maximum absolute atomic E-state index is 10.9. The van der Waals surface area contributed by atoms with E-state index in [-0.39, 0.29) is 19.0 Å². The molecule has 0 aliphatic rings. The zero-order valence-electron chi connectivity index (χ0n) is 11.0. The molecule has 0 saturated heterocycles. The average Bonchev–Trinajstić information content (AvgIpc) is 2.89. The van der Waals surface area contributed by atoms with Crippen molar-refractivity contribution in [2.24, 2.45) is 0 Å². The molecule has 9 heteroatoms. The standard InChI is InChI=1S/C12H14ClN5O3/c13-9-3-1-8(2-4-9)7-10(14-12(20)21)11-15-17-18(16-11)5-6-19/h1-4,10,14,19H,5-7H2,(H,20,21)/t10-/m0/s1. The van der Waals surface area contributed by atoms with Gasteiger partial charge in [0, 0.05) is 11.4 Å². The minimum atomic E-state index is -1.17. The number of aromatic nitrogens is 4. The summed E-state index contributed by atoms with van der Waals surface area (Å²) in [5.74, 6) is 0.251. The normalized spacial score (nSPS) is 12.1. The Balaban J connectivity index is 2.16. The molecule has 2 rings (SSSR count). The van der Waals surface area contributed by atoms with Gasteiger partial charge < -0.3 is 15.5 Å². The van der Waals surface area contributed by atoms with Crippen LogP contribution in [0.4, 0.5) is 4.79 Å². The molecule has 2 aromatic rings. The average molecular weight is 312 g/mol. The summed E-state index contributed by atoms with van der Waals surface area (Å²) in [6.45, 7) is 0.0811. The van der Waals surface area contributed by atoms with Gasteiger partial charge in [-0.05, 0) is 22.9 Å². The second-order valence-corrected chi connectivity index (χ2v) is 4.74. The van der Waals surface area contributed by atoms with Crippen LogP contribution in [0.3, 0.4) is 0 Å². The second-order valence-electron chi connectivity index (χ2n) is 4.30. The number of benzene rings is 1. The lowest BCUT2D eigenvalue weighted by Crippen LogP contribution is -2.29. The van der Waals surface area contributed by atoms with E-state index in [4.69, 9.17) is 21.8 Å². The van der Waals surface area contributed by atoms with Gasteiger partial charge in [0.05, 0.1) is 13.2 Å². The number of nitrogens with zero attached hydrogens (tertiary/aromatic N) is 4. The van der Waals surface area contributed by atoms with Crippen LogP contribution in [0.1, 0.15) is 17.4 Å². The Morgan fingerprint density at radius 3 is 2.71 bits per heavy atom. The molecule has 8 nitrogen and oxygen atoms in total. The molecule has 1 atom stereocenters. The highest BCUT2D eigenvalue weighted by Crippen LogP contribution is 2.17. The third-order valence-electron chi connectivity index (χ3n) is 2.73. The quantitative estimate of drug-likeness (QED) is 0.729. The van der Waals surface area contributed by atoms with Crippen molar-refractivity contribution in [1.29, 1.82) is 0 Å². The fourth-order valence-corrected chi connectivity index (χ4v) is 1.92. The van der Waals surface area contributed by atoms with Crippen LogP contribution < -0.4 is 5.32 Å². The molecule has 1 aromatic heterocycles. The third kappa shape index (κ3) is 4.40. The number of carboxylic acid groups (broad SMARTS) is 1. The van der Waals surface area contributed by atoms with Gasteiger partial charge in [0.2, 0.25) is 0 Å². The summed E-state index contributed by atoms with van der Waals surface area (Å²) >= 11 is 5.82. The highest BCUT2D eigenvalue weighted by atomic mass is 35.5. The predicted octanol–water partition coefficient (Wildman–Crippen LogP) is 0.870. The van der Waals surface area contributed by atoms with Gasteiger partial charge in [-0.15, -0.1) is 10.2 Å². The fourth-order valence-electron chi connectivity index (χ4n) is 1.79. The fraction of sp³-hybridized carbons (Fsp3) is 0.333. The van der Waals surface area contributed by atoms with E-state index < -0.39 is 12.1 Å². The molecule has 0 bridgehead atoms. The molecule has 1 heterocycles. The Labute approximate surface area is 125 Å². The van der Waals surface area contributed by atoms with E-state index in [1.165, 1.54) is 4.80 Å². The zero-order valence-corrected chi connectivity index (χ0v) is 11.7. The minimum absolute atomic E-state index is 0.121. The Bertz CT molecular complexity index is 601. The van der Waals surface area contributed by atoms with Crippen molar-refractivity contribution in [3.05, 3.63) is 40.7 Å². The maximum Gasteiger partial charge on any atom is 0.405 e. The van der Waals surface area contributed by atoms with Gasteiger partial charge in [0.15, 0.2) is 5.82 Å². The van der Waals surface area contributed by atoms with Crippen LogP contribution in [0.2, 0.25) is 5.02 Å². The number of halogens is 1. The van der Waals surface area contributed by atoms with Gasteiger partial charge in [0.1, 0.15) is 6.04 Å². The predicted molar refractivity (Wildman–Crippen MR) is 74.0 cm³/mol. The summed E-state index contributed by atoms with van der Waals surface area (Å²) < 4.78 is 0. The SMILES string of the molecule is O=C(O)N[C@@H](Cc1ccc(Cl)cc1)c1nnn(CCO)n1. The maximum atomic E-state index is 10.9. The van der Waals surface area contributed by atoms with Crippen molar-refractivity contribution in [3.63, 3.8) is 0 Å². The highest BCUT2D eigenvalue weighted by molar-refractivity contribution is 6.30. The Kier molecular flexibility index (Phi) is 5.07. The van der Waals surface area contributed by atoms with E-state index in [9.17, 15) is 4.79 Å². The molecule has 112 valence electrons. The first kappa shape index (κ1) is 15.2. The first-order valence-electron chi connectivity index (χ1n) is 6.21. The van der Waals surface area contributed by atoms with Crippen LogP contribution in [0.15, 0.2) is 24.3 Å². The molecular weight excluding hydrogens is 298 g/mol. The second kappa shape index (κ2) is 7.00. The van der Waals surface area contributed by atoms with Gasteiger partial charge in [0.25, 0.3) is 0 Å². The van der Waals surface area contributed by atoms with Gasteiger partial charge in [-0.1, -0.05) is 23.7 Å². The zero-order chi connectivity index (χ0) is 15.2. The molecule has 0 fully saturated rings. The van der Waals surface area contributed by atoms with Gasteiger partial charge in [-0.3, -0.25) is 0 Å². The third-order valence-corrected chi connectivity index (χ3v) is 2.98. The lowest BCUT2D eigenvalue weighted by molar-refractivity contribution is 0.189. The highest BCUT2D eigenvalue weighted by Gasteiger charge is 2.20. The number of hydrogen-bond donors (Lipinski definition) is 3. The summed E-state index contributed by atoms with van der Waals surface area (Å²) in [4.78, 5) is 12.1. The van der Waals surface area contributed by atoms with Crippen molar-refractivity contribution < 1.29 is 15.0 Å². The van der Waals surface area contributed by atoms with Crippen molar-refractivity contribution >= 4 is 17.7 Å². The summed E-state index contributed by atoms with van der Waals surface area (Å²) in [6.07, 6.45) is -0.804. The molecule has 21 heavy (non-hydrogen) atoms. The lowest BCUT2D eigenvalue weighted by Gasteiger charge is -2.13. The number of aliphatic hydroxyl groups excluding tert-OH is 1. The number of aliphatic hydroxyl groups is 1. The summed E-state index contributed by atoms with van der Waals surface area (Å²) in [7, 11) is 0. The molecule has 1 amide bonds. The van der Waals surface area contributed by atoms with Gasteiger partial charge in [-0.25, -0.2) is 4.79 Å². The lowest BCUT2D eigenvalue weighted by atomic mass is 10.1. The molecule has 0 aliphatic heterocycles. The summed E-state index contributed by atoms with van der Waals surface area (Å²) in [5.41, 5.74) is 0.886. The molecule has 0 radical (unpaired) electrons. The van der Waals surface area contributed by atoms with Gasteiger partial charge >= 0.3 is 6.09 Å². The molecule has 0 unspecified atom stereocenters. The molecule has 0 spiro atoms. The molecule has 3 N–H and O–H groups in total. The summed E-state index contributed by atoms with van der Waals surface area (Å²) in [5, 5.41) is 32.3. The molecular formula is C12H14ClN5O3. The monoisotopic (exact) mass is 311 g/mol. The van der Waals surface area contributed by atoms with Crippen LogP contribution in [0.5, 0.6) is 0 Å². The van der Waals surface area contributed by atoms with E-state index in [0.29, 0.717) is 11.4 Å². The van der Waals surface area contributed by atoms with Crippen LogP contribution in [0, 0.1) is 0 Å². The van der Waals surface area contributed by atoms with Crippen LogP contribution in [-0.4, -0.2) is 43.1 Å². The first-order chi connectivity index (χ1) is 10.1. The molecule has 1 aromatic carbocycles. The molecule has 0 saturated carbocycles. The van der Waals surface area contributed by atoms with Crippen LogP contribution in [-0.2, 0) is 13.0 Å². The number of amides is 1. The number of rotatable bonds is 6. The minimum Gasteiger partial charge on any atom is -0.465 e. The number of tetrazole rings is 1. The van der Waals surface area contributed by atoms with E-state index in [0.717, 1.165) is 5.56 Å².